The van der Waals surface area contributed by atoms with Crippen LogP contribution >= 0.6 is 0 Å². The largest absolute Gasteiger partial charge is 0.437 e. The molecule has 0 spiro atoms. The van der Waals surface area contributed by atoms with Crippen LogP contribution in [0.1, 0.15) is 17.5 Å². The molecular weight excluding hydrogens is 567 g/mol. The summed E-state index contributed by atoms with van der Waals surface area (Å²) >= 11 is 0. The summed E-state index contributed by atoms with van der Waals surface area (Å²) in [6.45, 7) is 3.05. The summed E-state index contributed by atoms with van der Waals surface area (Å²) < 4.78 is 49.7. The molecule has 0 saturated carbocycles. The van der Waals surface area contributed by atoms with Crippen molar-refractivity contribution in [1.82, 2.24) is 20.3 Å². The Bertz CT molecular complexity index is 1860. The number of fused-ring (bicyclic) bond motifs is 1. The summed E-state index contributed by atoms with van der Waals surface area (Å²) in [5.41, 5.74) is 3.18. The summed E-state index contributed by atoms with van der Waals surface area (Å²) in [5.74, 6) is 1.04. The number of aromatic nitrogens is 3. The molecule has 5 aromatic rings. The number of nitrogens with zero attached hydrogens (tertiary/aromatic N) is 3. The fourth-order valence-corrected chi connectivity index (χ4v) is 6.35. The van der Waals surface area contributed by atoms with E-state index in [9.17, 15) is 12.8 Å². The number of sulfonamides is 1. The van der Waals surface area contributed by atoms with Crippen molar-refractivity contribution in [2.45, 2.75) is 31.3 Å². The van der Waals surface area contributed by atoms with Crippen LogP contribution in [0, 0.1) is 6.92 Å². The van der Waals surface area contributed by atoms with Gasteiger partial charge in [0.25, 0.3) is 0 Å². The molecule has 1 fully saturated rings. The Morgan fingerprint density at radius 3 is 2.65 bits per heavy atom. The number of anilines is 2. The molecule has 0 radical (unpaired) electrons. The van der Waals surface area contributed by atoms with Crippen molar-refractivity contribution < 1.29 is 17.5 Å². The maximum Gasteiger partial charge on any atom is 0.236 e. The van der Waals surface area contributed by atoms with E-state index in [1.54, 1.807) is 48.8 Å². The molecular formula is C32H31FN6O3S. The maximum absolute atomic E-state index is 14.4. The summed E-state index contributed by atoms with van der Waals surface area (Å²) in [5, 5.41) is 7.71. The molecule has 2 atom stereocenters. The summed E-state index contributed by atoms with van der Waals surface area (Å²) in [6.07, 6.45) is 2.68. The molecule has 0 bridgehead atoms. The fraction of sp³-hybridized carbons (Fsp3) is 0.219. The lowest BCUT2D eigenvalue weighted by atomic mass is 10.0. The molecule has 2 aromatic heterocycles. The van der Waals surface area contributed by atoms with Crippen LogP contribution in [-0.4, -0.2) is 48.7 Å². The SMILES string of the molecule is Cc1ccc2c(NS(=O)(=O)Cc3ccccc3)cccc2c1Oc1ncccc1-c1ccnc(NC2CNCCC2F)n1. The number of rotatable bonds is 9. The second-order valence-electron chi connectivity index (χ2n) is 10.4. The normalized spacial score (nSPS) is 17.0. The number of ether oxygens (including phenoxy) is 1. The van der Waals surface area contributed by atoms with E-state index in [1.807, 2.05) is 49.4 Å². The van der Waals surface area contributed by atoms with Crippen LogP contribution in [0.25, 0.3) is 22.0 Å². The number of halogens is 1. The Morgan fingerprint density at radius 2 is 1.81 bits per heavy atom. The van der Waals surface area contributed by atoms with Crippen molar-refractivity contribution in [3.05, 3.63) is 102 Å². The van der Waals surface area contributed by atoms with Gasteiger partial charge in [0.05, 0.1) is 28.7 Å². The number of nitrogens with one attached hydrogen (secondary N) is 3. The van der Waals surface area contributed by atoms with Crippen molar-refractivity contribution >= 4 is 32.4 Å². The van der Waals surface area contributed by atoms with Gasteiger partial charge < -0.3 is 15.4 Å². The fourth-order valence-electron chi connectivity index (χ4n) is 5.14. The average molecular weight is 599 g/mol. The zero-order valence-electron chi connectivity index (χ0n) is 23.5. The molecule has 3 aromatic carbocycles. The predicted molar refractivity (Wildman–Crippen MR) is 167 cm³/mol. The van der Waals surface area contributed by atoms with Gasteiger partial charge >= 0.3 is 0 Å². The lowest BCUT2D eigenvalue weighted by Crippen LogP contribution is -2.46. The first-order valence-electron chi connectivity index (χ1n) is 14.0. The third kappa shape index (κ3) is 6.58. The number of aryl methyl sites for hydroxylation is 1. The van der Waals surface area contributed by atoms with Crippen LogP contribution < -0.4 is 20.1 Å². The highest BCUT2D eigenvalue weighted by molar-refractivity contribution is 7.91. The summed E-state index contributed by atoms with van der Waals surface area (Å²) in [4.78, 5) is 13.4. The van der Waals surface area contributed by atoms with E-state index in [1.165, 1.54) is 0 Å². The lowest BCUT2D eigenvalue weighted by molar-refractivity contribution is 0.240. The molecule has 6 rings (SSSR count). The van der Waals surface area contributed by atoms with Crippen molar-refractivity contribution in [2.75, 3.05) is 23.1 Å². The van der Waals surface area contributed by atoms with Crippen molar-refractivity contribution in [3.63, 3.8) is 0 Å². The van der Waals surface area contributed by atoms with Crippen molar-refractivity contribution in [3.8, 4) is 22.9 Å². The van der Waals surface area contributed by atoms with Crippen LogP contribution in [0.3, 0.4) is 0 Å². The van der Waals surface area contributed by atoms with E-state index >= 15 is 0 Å². The number of pyridine rings is 1. The van der Waals surface area contributed by atoms with E-state index < -0.39 is 22.2 Å². The molecule has 0 aliphatic carbocycles. The van der Waals surface area contributed by atoms with E-state index in [4.69, 9.17) is 4.74 Å². The van der Waals surface area contributed by atoms with E-state index in [0.29, 0.717) is 65.0 Å². The number of hydrogen-bond donors (Lipinski definition) is 3. The zero-order chi connectivity index (χ0) is 29.8. The summed E-state index contributed by atoms with van der Waals surface area (Å²) in [7, 11) is -3.67. The molecule has 3 heterocycles. The van der Waals surface area contributed by atoms with E-state index in [-0.39, 0.29) is 5.75 Å². The smallest absolute Gasteiger partial charge is 0.236 e. The Hall–Kier alpha value is -4.61. The number of alkyl halides is 1. The zero-order valence-corrected chi connectivity index (χ0v) is 24.3. The molecule has 220 valence electrons. The minimum Gasteiger partial charge on any atom is -0.437 e. The van der Waals surface area contributed by atoms with Crippen LogP contribution in [0.15, 0.2) is 91.3 Å². The van der Waals surface area contributed by atoms with Gasteiger partial charge in [0.1, 0.15) is 11.9 Å². The Kier molecular flexibility index (Phi) is 8.17. The monoisotopic (exact) mass is 598 g/mol. The van der Waals surface area contributed by atoms with Gasteiger partial charge in [-0.1, -0.05) is 54.6 Å². The second-order valence-corrected chi connectivity index (χ2v) is 12.2. The molecule has 0 amide bonds. The van der Waals surface area contributed by atoms with Crippen molar-refractivity contribution in [1.29, 1.82) is 0 Å². The third-order valence-corrected chi connectivity index (χ3v) is 8.53. The quantitative estimate of drug-likeness (QED) is 0.194. The molecule has 9 nitrogen and oxygen atoms in total. The van der Waals surface area contributed by atoms with Gasteiger partial charge in [-0.05, 0) is 55.3 Å². The van der Waals surface area contributed by atoms with E-state index in [0.717, 1.165) is 10.9 Å². The minimum absolute atomic E-state index is 0.143. The van der Waals surface area contributed by atoms with Gasteiger partial charge in [-0.3, -0.25) is 4.72 Å². The van der Waals surface area contributed by atoms with Gasteiger partial charge in [0.15, 0.2) is 0 Å². The lowest BCUT2D eigenvalue weighted by Gasteiger charge is -2.27. The predicted octanol–water partition coefficient (Wildman–Crippen LogP) is 5.85. The van der Waals surface area contributed by atoms with Gasteiger partial charge in [-0.25, -0.2) is 27.8 Å². The highest BCUT2D eigenvalue weighted by atomic mass is 32.2. The number of piperidine rings is 1. The topological polar surface area (TPSA) is 118 Å². The van der Waals surface area contributed by atoms with Crippen LogP contribution in [0.4, 0.5) is 16.0 Å². The number of hydrogen-bond acceptors (Lipinski definition) is 8. The van der Waals surface area contributed by atoms with Crippen molar-refractivity contribution in [2.24, 2.45) is 0 Å². The maximum atomic E-state index is 14.4. The molecule has 2 unspecified atom stereocenters. The molecule has 43 heavy (non-hydrogen) atoms. The average Bonchev–Trinajstić information content (AvgIpc) is 3.00. The standard InChI is InChI=1S/C32H31FN6O3S/c1-21-12-13-23-24(9-5-11-28(23)39-43(40,41)20-22-7-3-2-4-8-22)30(21)42-31-25(10-6-16-35-31)27-15-18-36-32(37-27)38-29-19-34-17-14-26(29)33/h2-13,15-16,18,26,29,34,39H,14,17,19-20H2,1H3,(H,36,37,38). The van der Waals surface area contributed by atoms with Gasteiger partial charge in [-0.15, -0.1) is 0 Å². The highest BCUT2D eigenvalue weighted by Crippen LogP contribution is 2.39. The minimum atomic E-state index is -3.67. The highest BCUT2D eigenvalue weighted by Gasteiger charge is 2.25. The second kappa shape index (κ2) is 12.3. The first-order chi connectivity index (χ1) is 20.9. The first-order valence-corrected chi connectivity index (χ1v) is 15.7. The number of benzene rings is 3. The molecule has 3 N–H and O–H groups in total. The molecule has 1 aliphatic heterocycles. The van der Waals surface area contributed by atoms with Crippen LogP contribution in [0.5, 0.6) is 11.6 Å². The first kappa shape index (κ1) is 28.5. The Balaban J connectivity index is 1.30. The Morgan fingerprint density at radius 1 is 0.953 bits per heavy atom. The summed E-state index contributed by atoms with van der Waals surface area (Å²) in [6, 6.07) is 23.1. The van der Waals surface area contributed by atoms with Gasteiger partial charge in [-0.2, -0.15) is 0 Å². The van der Waals surface area contributed by atoms with Crippen LogP contribution in [-0.2, 0) is 15.8 Å². The molecule has 11 heteroatoms. The van der Waals surface area contributed by atoms with E-state index in [2.05, 4.69) is 30.3 Å². The third-order valence-electron chi connectivity index (χ3n) is 7.29. The van der Waals surface area contributed by atoms with Crippen LogP contribution in [0.2, 0.25) is 0 Å². The van der Waals surface area contributed by atoms with Gasteiger partial charge in [0, 0.05) is 29.7 Å². The van der Waals surface area contributed by atoms with Gasteiger partial charge in [0.2, 0.25) is 21.9 Å². The molecule has 1 saturated heterocycles. The molecule has 1 aliphatic rings. The Labute approximate surface area is 249 Å².